The minimum Gasteiger partial charge on any atom is -0.295 e. The quantitative estimate of drug-likeness (QED) is 0.613. The lowest BCUT2D eigenvalue weighted by atomic mass is 10.1. The number of carbonyl (C=O) groups excluding carboxylic acids is 1. The standard InChI is InChI=1S/C17H14N6OS/c1-10-3-5-12(6-4-10)13-9-25-17(19-13)21-15(24)14-20-16-18-8-7-11(2)23(16)22-14/h3-9H,1-2H3,(H,19,21,24). The van der Waals surface area contributed by atoms with E-state index in [9.17, 15) is 4.79 Å². The SMILES string of the molecule is Cc1ccc(-c2csc(NC(=O)c3nc4nccc(C)n4n3)n2)cc1. The molecule has 0 aliphatic rings. The number of nitrogens with zero attached hydrogens (tertiary/aromatic N) is 5. The molecule has 4 rings (SSSR count). The zero-order valence-electron chi connectivity index (χ0n) is 13.6. The third-order valence-electron chi connectivity index (χ3n) is 3.70. The van der Waals surface area contributed by atoms with Crippen LogP contribution in [0.2, 0.25) is 0 Å². The van der Waals surface area contributed by atoms with Gasteiger partial charge in [-0.1, -0.05) is 29.8 Å². The second-order valence-corrected chi connectivity index (χ2v) is 6.45. The van der Waals surface area contributed by atoms with Crippen LogP contribution < -0.4 is 5.32 Å². The fraction of sp³-hybridized carbons (Fsp3) is 0.118. The molecule has 124 valence electrons. The Kier molecular flexibility index (Phi) is 3.73. The number of amides is 1. The predicted octanol–water partition coefficient (Wildman–Crippen LogP) is 3.12. The molecule has 0 bridgehead atoms. The summed E-state index contributed by atoms with van der Waals surface area (Å²) >= 11 is 1.36. The van der Waals surface area contributed by atoms with Crippen molar-refractivity contribution < 1.29 is 4.79 Å². The van der Waals surface area contributed by atoms with Gasteiger partial charge in [0.25, 0.3) is 11.7 Å². The number of nitrogens with one attached hydrogen (secondary N) is 1. The van der Waals surface area contributed by atoms with Gasteiger partial charge in [-0.05, 0) is 19.9 Å². The maximum Gasteiger partial charge on any atom is 0.297 e. The highest BCUT2D eigenvalue weighted by atomic mass is 32.1. The number of carbonyl (C=O) groups is 1. The van der Waals surface area contributed by atoms with Crippen molar-refractivity contribution in [1.29, 1.82) is 0 Å². The van der Waals surface area contributed by atoms with E-state index >= 15 is 0 Å². The molecule has 1 amide bonds. The second kappa shape index (κ2) is 6.06. The van der Waals surface area contributed by atoms with Gasteiger partial charge in [0, 0.05) is 22.8 Å². The maximum atomic E-state index is 12.4. The van der Waals surface area contributed by atoms with Gasteiger partial charge >= 0.3 is 0 Å². The van der Waals surface area contributed by atoms with E-state index in [0.717, 1.165) is 17.0 Å². The zero-order valence-corrected chi connectivity index (χ0v) is 14.4. The molecule has 25 heavy (non-hydrogen) atoms. The van der Waals surface area contributed by atoms with Crippen molar-refractivity contribution in [2.45, 2.75) is 13.8 Å². The smallest absolute Gasteiger partial charge is 0.295 e. The summed E-state index contributed by atoms with van der Waals surface area (Å²) in [6.07, 6.45) is 1.63. The van der Waals surface area contributed by atoms with Crippen LogP contribution in [0.4, 0.5) is 5.13 Å². The lowest BCUT2D eigenvalue weighted by molar-refractivity contribution is 0.101. The molecular weight excluding hydrogens is 336 g/mol. The van der Waals surface area contributed by atoms with Gasteiger partial charge in [0.2, 0.25) is 5.82 Å². The summed E-state index contributed by atoms with van der Waals surface area (Å²) in [5.41, 5.74) is 3.87. The van der Waals surface area contributed by atoms with Gasteiger partial charge in [0.1, 0.15) is 0 Å². The molecule has 0 aliphatic heterocycles. The van der Waals surface area contributed by atoms with E-state index in [0.29, 0.717) is 10.9 Å². The highest BCUT2D eigenvalue weighted by molar-refractivity contribution is 7.14. The Morgan fingerprint density at radius 2 is 1.92 bits per heavy atom. The fourth-order valence-corrected chi connectivity index (χ4v) is 3.06. The van der Waals surface area contributed by atoms with Crippen LogP contribution in [0.1, 0.15) is 21.9 Å². The number of hydrogen-bond donors (Lipinski definition) is 1. The molecule has 0 spiro atoms. The molecule has 1 N–H and O–H groups in total. The van der Waals surface area contributed by atoms with E-state index in [1.165, 1.54) is 21.4 Å². The fourth-order valence-electron chi connectivity index (χ4n) is 2.34. The number of hydrogen-bond acceptors (Lipinski definition) is 6. The summed E-state index contributed by atoms with van der Waals surface area (Å²) in [7, 11) is 0. The van der Waals surface area contributed by atoms with E-state index < -0.39 is 5.91 Å². The van der Waals surface area contributed by atoms with Crippen molar-refractivity contribution in [3.63, 3.8) is 0 Å². The molecule has 1 aromatic carbocycles. The lowest BCUT2D eigenvalue weighted by Crippen LogP contribution is -2.13. The number of aromatic nitrogens is 5. The van der Waals surface area contributed by atoms with Crippen molar-refractivity contribution in [1.82, 2.24) is 24.6 Å². The molecule has 0 saturated heterocycles. The molecule has 0 fully saturated rings. The van der Waals surface area contributed by atoms with Gasteiger partial charge in [-0.15, -0.1) is 16.4 Å². The van der Waals surface area contributed by atoms with Gasteiger partial charge in [-0.3, -0.25) is 10.1 Å². The van der Waals surface area contributed by atoms with E-state index in [-0.39, 0.29) is 5.82 Å². The Morgan fingerprint density at radius 1 is 1.12 bits per heavy atom. The molecule has 0 saturated carbocycles. The van der Waals surface area contributed by atoms with Crippen LogP contribution in [-0.2, 0) is 0 Å². The summed E-state index contributed by atoms with van der Waals surface area (Å²) in [5.74, 6) is 0.0493. The zero-order chi connectivity index (χ0) is 17.4. The molecular formula is C17H14N6OS. The van der Waals surface area contributed by atoms with Crippen molar-refractivity contribution in [3.8, 4) is 11.3 Å². The lowest BCUT2D eigenvalue weighted by Gasteiger charge is -1.98. The first-order valence-corrected chi connectivity index (χ1v) is 8.50. The molecule has 3 aromatic heterocycles. The number of aryl methyl sites for hydroxylation is 2. The van der Waals surface area contributed by atoms with Crippen molar-refractivity contribution in [2.24, 2.45) is 0 Å². The van der Waals surface area contributed by atoms with Gasteiger partial charge in [-0.25, -0.2) is 14.5 Å². The Hall–Kier alpha value is -3.13. The molecule has 3 heterocycles. The van der Waals surface area contributed by atoms with Gasteiger partial charge in [0.15, 0.2) is 5.13 Å². The van der Waals surface area contributed by atoms with E-state index in [2.05, 4.69) is 25.4 Å². The summed E-state index contributed by atoms with van der Waals surface area (Å²) in [6.45, 7) is 3.91. The third kappa shape index (κ3) is 2.99. The van der Waals surface area contributed by atoms with Crippen molar-refractivity contribution in [2.75, 3.05) is 5.32 Å². The molecule has 7 nitrogen and oxygen atoms in total. The number of thiazole rings is 1. The van der Waals surface area contributed by atoms with Crippen LogP contribution in [0.15, 0.2) is 41.9 Å². The maximum absolute atomic E-state index is 12.4. The average Bonchev–Trinajstić information content (AvgIpc) is 3.23. The van der Waals surface area contributed by atoms with Crippen LogP contribution in [0.5, 0.6) is 0 Å². The minimum atomic E-state index is -0.408. The molecule has 0 radical (unpaired) electrons. The first-order chi connectivity index (χ1) is 12.1. The molecule has 0 atom stereocenters. The number of benzene rings is 1. The first-order valence-electron chi connectivity index (χ1n) is 7.62. The van der Waals surface area contributed by atoms with Crippen molar-refractivity contribution >= 4 is 28.2 Å². The predicted molar refractivity (Wildman–Crippen MR) is 95.8 cm³/mol. The summed E-state index contributed by atoms with van der Waals surface area (Å²) in [4.78, 5) is 25.1. The minimum absolute atomic E-state index is 0.0638. The highest BCUT2D eigenvalue weighted by Crippen LogP contribution is 2.25. The first kappa shape index (κ1) is 15.4. The van der Waals surface area contributed by atoms with Crippen LogP contribution in [0.3, 0.4) is 0 Å². The van der Waals surface area contributed by atoms with Crippen molar-refractivity contribution in [3.05, 3.63) is 59.0 Å². The average molecular weight is 350 g/mol. The number of anilines is 1. The summed E-state index contributed by atoms with van der Waals surface area (Å²) in [5, 5.41) is 9.34. The Bertz CT molecular complexity index is 1070. The van der Waals surface area contributed by atoms with E-state index in [1.54, 1.807) is 12.3 Å². The molecule has 0 unspecified atom stereocenters. The number of rotatable bonds is 3. The molecule has 8 heteroatoms. The Balaban J connectivity index is 1.56. The van der Waals surface area contributed by atoms with E-state index in [1.807, 2.05) is 43.5 Å². The normalized spacial score (nSPS) is 11.0. The third-order valence-corrected chi connectivity index (χ3v) is 4.46. The molecule has 0 aliphatic carbocycles. The van der Waals surface area contributed by atoms with Crippen LogP contribution in [-0.4, -0.2) is 30.5 Å². The van der Waals surface area contributed by atoms with Crippen LogP contribution in [0.25, 0.3) is 17.0 Å². The van der Waals surface area contributed by atoms with Crippen LogP contribution in [0, 0.1) is 13.8 Å². The monoisotopic (exact) mass is 350 g/mol. The topological polar surface area (TPSA) is 85.1 Å². The summed E-state index contributed by atoms with van der Waals surface area (Å²) < 4.78 is 1.54. The summed E-state index contributed by atoms with van der Waals surface area (Å²) in [6, 6.07) is 9.88. The number of fused-ring (bicyclic) bond motifs is 1. The van der Waals surface area contributed by atoms with Gasteiger partial charge < -0.3 is 0 Å². The Labute approximate surface area is 147 Å². The largest absolute Gasteiger partial charge is 0.297 e. The Morgan fingerprint density at radius 3 is 2.68 bits per heavy atom. The molecule has 4 aromatic rings. The van der Waals surface area contributed by atoms with Gasteiger partial charge in [0.05, 0.1) is 5.69 Å². The van der Waals surface area contributed by atoms with Gasteiger partial charge in [-0.2, -0.15) is 4.98 Å². The second-order valence-electron chi connectivity index (χ2n) is 5.59. The van der Waals surface area contributed by atoms with E-state index in [4.69, 9.17) is 0 Å². The van der Waals surface area contributed by atoms with Crippen LogP contribution >= 0.6 is 11.3 Å². The highest BCUT2D eigenvalue weighted by Gasteiger charge is 2.16.